The molecule has 3 aliphatic rings. The molecule has 1 N–H and O–H groups in total. The van der Waals surface area contributed by atoms with Gasteiger partial charge in [-0.3, -0.25) is 14.4 Å². The molecule has 4 aromatic rings. The van der Waals surface area contributed by atoms with Gasteiger partial charge in [-0.25, -0.2) is 0 Å². The van der Waals surface area contributed by atoms with E-state index in [1.807, 2.05) is 79.6 Å². The number of halogens is 1. The van der Waals surface area contributed by atoms with Crippen LogP contribution in [0.3, 0.4) is 0 Å². The van der Waals surface area contributed by atoms with Gasteiger partial charge < -0.3 is 15.0 Å². The van der Waals surface area contributed by atoms with Crippen LogP contribution in [0.25, 0.3) is 6.08 Å². The van der Waals surface area contributed by atoms with Crippen LogP contribution in [-0.2, 0) is 10.2 Å². The second-order valence-electron chi connectivity index (χ2n) is 11.5. The number of benzene rings is 4. The minimum atomic E-state index is -1.40. The third-order valence-corrected chi connectivity index (χ3v) is 9.10. The Morgan fingerprint density at radius 1 is 0.884 bits per heavy atom. The number of ketones is 2. The molecule has 1 amide bonds. The van der Waals surface area contributed by atoms with E-state index in [0.29, 0.717) is 33.1 Å². The first-order valence-corrected chi connectivity index (χ1v) is 14.8. The molecule has 0 saturated carbocycles. The number of ether oxygens (including phenoxy) is 1. The third-order valence-electron chi connectivity index (χ3n) is 8.77. The van der Waals surface area contributed by atoms with Gasteiger partial charge in [0, 0.05) is 23.0 Å². The number of para-hydroxylation sites is 1. The normalized spacial score (nSPS) is 23.1. The van der Waals surface area contributed by atoms with Crippen LogP contribution in [0.5, 0.6) is 5.75 Å². The van der Waals surface area contributed by atoms with E-state index in [1.54, 1.807) is 48.5 Å². The van der Waals surface area contributed by atoms with E-state index in [0.717, 1.165) is 11.1 Å². The molecule has 1 saturated heterocycles. The Hall–Kier alpha value is -4.68. The maximum atomic E-state index is 14.9. The number of carbonyl (C=O) groups is 3. The summed E-state index contributed by atoms with van der Waals surface area (Å²) in [5.41, 5.74) is 2.46. The molecule has 1 fully saturated rings. The van der Waals surface area contributed by atoms with Crippen molar-refractivity contribution in [1.29, 1.82) is 0 Å². The van der Waals surface area contributed by atoms with Gasteiger partial charge in [0.2, 0.25) is 5.91 Å². The zero-order valence-corrected chi connectivity index (χ0v) is 24.4. The lowest BCUT2D eigenvalue weighted by atomic mass is 9.62. The van der Waals surface area contributed by atoms with Crippen molar-refractivity contribution in [1.82, 2.24) is 4.90 Å². The zero-order chi connectivity index (χ0) is 29.9. The van der Waals surface area contributed by atoms with Crippen LogP contribution in [0.4, 0.5) is 5.69 Å². The number of hydrogen-bond acceptors (Lipinski definition) is 5. The fraction of sp³-hybridized carbons (Fsp3) is 0.194. The Kier molecular flexibility index (Phi) is 6.47. The van der Waals surface area contributed by atoms with Gasteiger partial charge in [-0.05, 0) is 79.1 Å². The lowest BCUT2D eigenvalue weighted by Gasteiger charge is -2.38. The molecule has 1 spiro atoms. The first-order chi connectivity index (χ1) is 20.8. The van der Waals surface area contributed by atoms with Crippen molar-refractivity contribution in [3.63, 3.8) is 0 Å². The Balaban J connectivity index is 1.49. The van der Waals surface area contributed by atoms with E-state index < -0.39 is 23.4 Å². The topological polar surface area (TPSA) is 75.7 Å². The molecule has 0 bridgehead atoms. The average Bonchev–Trinajstić information content (AvgIpc) is 3.49. The van der Waals surface area contributed by atoms with E-state index in [4.69, 9.17) is 16.3 Å². The molecule has 4 aromatic carbocycles. The molecule has 7 heteroatoms. The number of nitrogens with zero attached hydrogens (tertiary/aromatic N) is 1. The molecule has 43 heavy (non-hydrogen) atoms. The summed E-state index contributed by atoms with van der Waals surface area (Å²) < 4.78 is 5.82. The van der Waals surface area contributed by atoms with Crippen molar-refractivity contribution in [2.45, 2.75) is 37.5 Å². The Bertz CT molecular complexity index is 1810. The SMILES string of the molecule is CC(C)Oc1ccc(C(=O)C2C(C(=O)c3ccccc3Cl)N3C=Cc4ccccc4C3C23C(=O)Nc2ccccc23)cc1. The van der Waals surface area contributed by atoms with E-state index >= 15 is 0 Å². The van der Waals surface area contributed by atoms with Gasteiger partial charge >= 0.3 is 0 Å². The minimum Gasteiger partial charge on any atom is -0.491 e. The highest BCUT2D eigenvalue weighted by Gasteiger charge is 2.70. The molecule has 3 aliphatic heterocycles. The first kappa shape index (κ1) is 27.2. The number of Topliss-reactive ketones (excluding diaryl/α,β-unsaturated/α-hetero) is 2. The number of hydrogen-bond donors (Lipinski definition) is 1. The van der Waals surface area contributed by atoms with E-state index in [1.165, 1.54) is 0 Å². The average molecular weight is 589 g/mol. The Labute approximate surface area is 254 Å². The van der Waals surface area contributed by atoms with Crippen LogP contribution in [0.2, 0.25) is 5.02 Å². The number of anilines is 1. The lowest BCUT2D eigenvalue weighted by molar-refractivity contribution is -0.122. The summed E-state index contributed by atoms with van der Waals surface area (Å²) >= 11 is 6.58. The fourth-order valence-electron chi connectivity index (χ4n) is 7.14. The number of fused-ring (bicyclic) bond motifs is 6. The fourth-order valence-corrected chi connectivity index (χ4v) is 7.37. The maximum Gasteiger partial charge on any atom is 0.238 e. The van der Waals surface area contributed by atoms with Crippen LogP contribution < -0.4 is 10.1 Å². The van der Waals surface area contributed by atoms with Crippen LogP contribution in [-0.4, -0.2) is 34.5 Å². The molecule has 3 heterocycles. The molecular weight excluding hydrogens is 560 g/mol. The van der Waals surface area contributed by atoms with Crippen LogP contribution in [0, 0.1) is 5.92 Å². The van der Waals surface area contributed by atoms with Gasteiger partial charge in [0.1, 0.15) is 17.2 Å². The van der Waals surface area contributed by atoms with Crippen LogP contribution in [0.15, 0.2) is 103 Å². The van der Waals surface area contributed by atoms with Crippen molar-refractivity contribution in [3.05, 3.63) is 136 Å². The third kappa shape index (κ3) is 4.04. The van der Waals surface area contributed by atoms with Gasteiger partial charge in [0.15, 0.2) is 11.6 Å². The Morgan fingerprint density at radius 3 is 2.35 bits per heavy atom. The maximum absolute atomic E-state index is 14.9. The predicted octanol–water partition coefficient (Wildman–Crippen LogP) is 7.11. The van der Waals surface area contributed by atoms with Crippen molar-refractivity contribution < 1.29 is 19.1 Å². The second kappa shape index (κ2) is 10.2. The van der Waals surface area contributed by atoms with E-state index in [9.17, 15) is 14.4 Å². The van der Waals surface area contributed by atoms with E-state index in [-0.39, 0.29) is 23.6 Å². The molecular formula is C36H29ClN2O4. The molecule has 0 aliphatic carbocycles. The summed E-state index contributed by atoms with van der Waals surface area (Å²) in [6.45, 7) is 3.87. The molecule has 0 radical (unpaired) electrons. The van der Waals surface area contributed by atoms with Gasteiger partial charge in [0.25, 0.3) is 0 Å². The summed E-state index contributed by atoms with van der Waals surface area (Å²) in [5, 5.41) is 3.37. The summed E-state index contributed by atoms with van der Waals surface area (Å²) in [6.07, 6.45) is 3.77. The van der Waals surface area contributed by atoms with Crippen molar-refractivity contribution in [3.8, 4) is 5.75 Å². The number of amides is 1. The summed E-state index contributed by atoms with van der Waals surface area (Å²) in [6, 6.07) is 27.5. The monoisotopic (exact) mass is 588 g/mol. The van der Waals surface area contributed by atoms with Crippen molar-refractivity contribution in [2.24, 2.45) is 5.92 Å². The Morgan fingerprint density at radius 2 is 1.58 bits per heavy atom. The van der Waals surface area contributed by atoms with Crippen molar-refractivity contribution >= 4 is 40.8 Å². The summed E-state index contributed by atoms with van der Waals surface area (Å²) in [7, 11) is 0. The number of nitrogens with one attached hydrogen (secondary N) is 1. The molecule has 6 nitrogen and oxygen atoms in total. The van der Waals surface area contributed by atoms with Crippen molar-refractivity contribution in [2.75, 3.05) is 5.32 Å². The molecule has 7 rings (SSSR count). The van der Waals surface area contributed by atoms with Gasteiger partial charge in [-0.2, -0.15) is 0 Å². The second-order valence-corrected chi connectivity index (χ2v) is 11.9. The molecule has 0 aromatic heterocycles. The van der Waals surface area contributed by atoms with Gasteiger partial charge in [-0.15, -0.1) is 0 Å². The first-order valence-electron chi connectivity index (χ1n) is 14.4. The van der Waals surface area contributed by atoms with Gasteiger partial charge in [0.05, 0.1) is 23.1 Å². The number of carbonyl (C=O) groups excluding carboxylic acids is 3. The smallest absolute Gasteiger partial charge is 0.238 e. The highest BCUT2D eigenvalue weighted by Crippen LogP contribution is 2.62. The highest BCUT2D eigenvalue weighted by atomic mass is 35.5. The quantitative estimate of drug-likeness (QED) is 0.243. The molecule has 214 valence electrons. The zero-order valence-electron chi connectivity index (χ0n) is 23.7. The summed E-state index contributed by atoms with van der Waals surface area (Å²) in [5.74, 6) is -1.35. The highest BCUT2D eigenvalue weighted by molar-refractivity contribution is 6.34. The molecule has 4 atom stereocenters. The van der Waals surface area contributed by atoms with Gasteiger partial charge in [-0.1, -0.05) is 66.2 Å². The number of rotatable bonds is 6. The minimum absolute atomic E-state index is 0.0289. The van der Waals surface area contributed by atoms with Crippen LogP contribution >= 0.6 is 11.6 Å². The van der Waals surface area contributed by atoms with E-state index in [2.05, 4.69) is 5.32 Å². The lowest BCUT2D eigenvalue weighted by Crippen LogP contribution is -2.49. The predicted molar refractivity (Wildman–Crippen MR) is 166 cm³/mol. The summed E-state index contributed by atoms with van der Waals surface area (Å²) in [4.78, 5) is 46.0. The standard InChI is InChI=1S/C36H29ClN2O4/c1-21(2)43-24-17-15-23(16-18-24)32(40)30-31(33(41)26-11-5-7-13-28(26)37)39-20-19-22-9-3-4-10-25(22)34(39)36(30)27-12-6-8-14-29(27)38-35(36)42/h3-21,30-31,34H,1-2H3,(H,38,42). The van der Waals surface area contributed by atoms with Crippen LogP contribution in [0.1, 0.15) is 57.3 Å². The largest absolute Gasteiger partial charge is 0.491 e. The molecule has 4 unspecified atom stereocenters.